The second-order valence-electron chi connectivity index (χ2n) is 5.81. The standard InChI is InChI=1S/C18H18N6O2/c25-18(14-2-4-17(19-12-14)24-7-1-6-21-24)22-15-3-5-16(20-13-15)23-8-10-26-11-9-23/h1-7,12-13H,8-11H2,(H,22,25). The first-order valence-corrected chi connectivity index (χ1v) is 8.36. The molecule has 132 valence electrons. The van der Waals surface area contributed by atoms with Crippen molar-refractivity contribution in [3.8, 4) is 5.82 Å². The van der Waals surface area contributed by atoms with E-state index in [4.69, 9.17) is 4.74 Å². The molecule has 0 saturated carbocycles. The highest BCUT2D eigenvalue weighted by atomic mass is 16.5. The van der Waals surface area contributed by atoms with E-state index in [9.17, 15) is 4.79 Å². The zero-order valence-corrected chi connectivity index (χ0v) is 14.1. The van der Waals surface area contributed by atoms with Gasteiger partial charge in [0, 0.05) is 31.7 Å². The van der Waals surface area contributed by atoms with E-state index in [0.717, 1.165) is 18.9 Å². The molecule has 0 atom stereocenters. The van der Waals surface area contributed by atoms with E-state index in [1.807, 2.05) is 18.2 Å². The van der Waals surface area contributed by atoms with Crippen LogP contribution < -0.4 is 10.2 Å². The van der Waals surface area contributed by atoms with E-state index in [0.29, 0.717) is 30.3 Å². The summed E-state index contributed by atoms with van der Waals surface area (Å²) >= 11 is 0. The number of rotatable bonds is 4. The number of pyridine rings is 2. The number of amides is 1. The Labute approximate surface area is 150 Å². The number of anilines is 2. The van der Waals surface area contributed by atoms with Crippen LogP contribution >= 0.6 is 0 Å². The van der Waals surface area contributed by atoms with Gasteiger partial charge in [-0.05, 0) is 30.3 Å². The maximum Gasteiger partial charge on any atom is 0.257 e. The summed E-state index contributed by atoms with van der Waals surface area (Å²) < 4.78 is 6.98. The first-order valence-electron chi connectivity index (χ1n) is 8.36. The molecule has 1 saturated heterocycles. The van der Waals surface area contributed by atoms with E-state index in [-0.39, 0.29) is 5.91 Å². The van der Waals surface area contributed by atoms with Crippen molar-refractivity contribution in [3.05, 3.63) is 60.7 Å². The SMILES string of the molecule is O=C(Nc1ccc(N2CCOCC2)nc1)c1ccc(-n2cccn2)nc1. The highest BCUT2D eigenvalue weighted by Gasteiger charge is 2.13. The lowest BCUT2D eigenvalue weighted by molar-refractivity contribution is 0.102. The molecule has 1 N–H and O–H groups in total. The lowest BCUT2D eigenvalue weighted by atomic mass is 10.2. The largest absolute Gasteiger partial charge is 0.378 e. The number of hydrogen-bond acceptors (Lipinski definition) is 6. The maximum atomic E-state index is 12.4. The highest BCUT2D eigenvalue weighted by Crippen LogP contribution is 2.16. The van der Waals surface area contributed by atoms with Gasteiger partial charge in [0.1, 0.15) is 5.82 Å². The van der Waals surface area contributed by atoms with Gasteiger partial charge in [-0.3, -0.25) is 4.79 Å². The van der Waals surface area contributed by atoms with Crippen LogP contribution in [0.25, 0.3) is 5.82 Å². The number of aromatic nitrogens is 4. The smallest absolute Gasteiger partial charge is 0.257 e. The number of nitrogens with one attached hydrogen (secondary N) is 1. The van der Waals surface area contributed by atoms with Crippen LogP contribution in [0.3, 0.4) is 0 Å². The molecule has 1 aliphatic heterocycles. The van der Waals surface area contributed by atoms with Crippen molar-refractivity contribution < 1.29 is 9.53 Å². The minimum Gasteiger partial charge on any atom is -0.378 e. The molecular weight excluding hydrogens is 332 g/mol. The van der Waals surface area contributed by atoms with Crippen molar-refractivity contribution in [1.29, 1.82) is 0 Å². The summed E-state index contributed by atoms with van der Waals surface area (Å²) in [7, 11) is 0. The summed E-state index contributed by atoms with van der Waals surface area (Å²) in [4.78, 5) is 23.2. The minimum absolute atomic E-state index is 0.231. The van der Waals surface area contributed by atoms with Gasteiger partial charge in [0.25, 0.3) is 5.91 Å². The average molecular weight is 350 g/mol. The summed E-state index contributed by atoms with van der Waals surface area (Å²) in [5.41, 5.74) is 1.11. The zero-order valence-electron chi connectivity index (χ0n) is 14.1. The van der Waals surface area contributed by atoms with Gasteiger partial charge >= 0.3 is 0 Å². The summed E-state index contributed by atoms with van der Waals surface area (Å²) in [6.45, 7) is 3.07. The molecule has 4 heterocycles. The first-order chi connectivity index (χ1) is 12.8. The molecule has 0 radical (unpaired) electrons. The van der Waals surface area contributed by atoms with Gasteiger partial charge in [-0.25, -0.2) is 14.6 Å². The quantitative estimate of drug-likeness (QED) is 0.772. The number of carbonyl (C=O) groups excluding carboxylic acids is 1. The van der Waals surface area contributed by atoms with E-state index in [1.54, 1.807) is 35.4 Å². The number of hydrogen-bond donors (Lipinski definition) is 1. The van der Waals surface area contributed by atoms with Gasteiger partial charge in [-0.2, -0.15) is 5.10 Å². The lowest BCUT2D eigenvalue weighted by Crippen LogP contribution is -2.36. The van der Waals surface area contributed by atoms with Crippen LogP contribution in [0.15, 0.2) is 55.1 Å². The van der Waals surface area contributed by atoms with Gasteiger partial charge < -0.3 is 15.0 Å². The molecule has 0 aliphatic carbocycles. The van der Waals surface area contributed by atoms with Crippen molar-refractivity contribution in [2.45, 2.75) is 0 Å². The molecule has 4 rings (SSSR count). The molecule has 1 fully saturated rings. The molecule has 0 spiro atoms. The lowest BCUT2D eigenvalue weighted by Gasteiger charge is -2.27. The summed E-state index contributed by atoms with van der Waals surface area (Å²) in [6, 6.07) is 9.04. The number of nitrogens with zero attached hydrogens (tertiary/aromatic N) is 5. The predicted octanol–water partition coefficient (Wildman–Crippen LogP) is 1.75. The van der Waals surface area contributed by atoms with Crippen molar-refractivity contribution in [2.75, 3.05) is 36.5 Å². The van der Waals surface area contributed by atoms with Crippen LogP contribution in [0.4, 0.5) is 11.5 Å². The molecule has 1 aliphatic rings. The Bertz CT molecular complexity index is 856. The minimum atomic E-state index is -0.231. The van der Waals surface area contributed by atoms with Gasteiger partial charge in [0.2, 0.25) is 0 Å². The second-order valence-corrected chi connectivity index (χ2v) is 5.81. The first kappa shape index (κ1) is 16.2. The summed E-state index contributed by atoms with van der Waals surface area (Å²) in [5, 5.41) is 6.94. The fourth-order valence-electron chi connectivity index (χ4n) is 2.70. The van der Waals surface area contributed by atoms with Gasteiger partial charge in [0.15, 0.2) is 5.82 Å². The predicted molar refractivity (Wildman–Crippen MR) is 96.6 cm³/mol. The number of morpholine rings is 1. The highest BCUT2D eigenvalue weighted by molar-refractivity contribution is 6.04. The Morgan fingerprint density at radius 1 is 1.04 bits per heavy atom. The Kier molecular flexibility index (Phi) is 4.57. The van der Waals surface area contributed by atoms with Gasteiger partial charge in [-0.1, -0.05) is 0 Å². The molecule has 26 heavy (non-hydrogen) atoms. The Morgan fingerprint density at radius 3 is 2.50 bits per heavy atom. The number of ether oxygens (including phenoxy) is 1. The molecule has 3 aromatic rings. The third-order valence-corrected chi connectivity index (χ3v) is 4.09. The Balaban J connectivity index is 1.41. The van der Waals surface area contributed by atoms with E-state index >= 15 is 0 Å². The van der Waals surface area contributed by atoms with Crippen LogP contribution in [-0.4, -0.2) is 52.0 Å². The monoisotopic (exact) mass is 350 g/mol. The summed E-state index contributed by atoms with van der Waals surface area (Å²) in [6.07, 6.45) is 6.66. The van der Waals surface area contributed by atoms with Gasteiger partial charge in [0.05, 0.1) is 30.7 Å². The zero-order chi connectivity index (χ0) is 17.8. The second kappa shape index (κ2) is 7.32. The number of carbonyl (C=O) groups is 1. The fourth-order valence-corrected chi connectivity index (χ4v) is 2.70. The molecule has 8 heteroatoms. The maximum absolute atomic E-state index is 12.4. The molecule has 0 bridgehead atoms. The molecule has 3 aromatic heterocycles. The molecule has 0 aromatic carbocycles. The van der Waals surface area contributed by atoms with Crippen LogP contribution in [0.1, 0.15) is 10.4 Å². The van der Waals surface area contributed by atoms with E-state index in [2.05, 4.69) is 25.3 Å². The topological polar surface area (TPSA) is 85.2 Å². The molecule has 8 nitrogen and oxygen atoms in total. The van der Waals surface area contributed by atoms with Crippen LogP contribution in [0, 0.1) is 0 Å². The Hall–Kier alpha value is -3.26. The van der Waals surface area contributed by atoms with E-state index in [1.165, 1.54) is 6.20 Å². The third-order valence-electron chi connectivity index (χ3n) is 4.09. The molecule has 1 amide bonds. The summed E-state index contributed by atoms with van der Waals surface area (Å²) in [5.74, 6) is 1.31. The third kappa shape index (κ3) is 3.55. The van der Waals surface area contributed by atoms with Crippen molar-refractivity contribution >= 4 is 17.4 Å². The van der Waals surface area contributed by atoms with Gasteiger partial charge in [-0.15, -0.1) is 0 Å². The van der Waals surface area contributed by atoms with E-state index < -0.39 is 0 Å². The normalized spacial score (nSPS) is 14.2. The van der Waals surface area contributed by atoms with Crippen LogP contribution in [-0.2, 0) is 4.74 Å². The van der Waals surface area contributed by atoms with Crippen molar-refractivity contribution in [1.82, 2.24) is 19.7 Å². The molecular formula is C18H18N6O2. The fraction of sp³-hybridized carbons (Fsp3) is 0.222. The van der Waals surface area contributed by atoms with Crippen molar-refractivity contribution in [2.24, 2.45) is 0 Å². The molecule has 0 unspecified atom stereocenters. The van der Waals surface area contributed by atoms with Crippen molar-refractivity contribution in [3.63, 3.8) is 0 Å². The van der Waals surface area contributed by atoms with Crippen LogP contribution in [0.5, 0.6) is 0 Å². The van der Waals surface area contributed by atoms with Crippen LogP contribution in [0.2, 0.25) is 0 Å². The Morgan fingerprint density at radius 2 is 1.85 bits per heavy atom. The average Bonchev–Trinajstić information content (AvgIpc) is 3.24.